The maximum absolute atomic E-state index is 6.39. The summed E-state index contributed by atoms with van der Waals surface area (Å²) < 4.78 is 11.2. The van der Waals surface area contributed by atoms with Crippen molar-refractivity contribution < 1.29 is 0 Å². The van der Waals surface area contributed by atoms with Gasteiger partial charge in [-0.2, -0.15) is 28.3 Å². The van der Waals surface area contributed by atoms with Crippen LogP contribution in [0.5, 0.6) is 0 Å². The summed E-state index contributed by atoms with van der Waals surface area (Å²) in [4.78, 5) is 13.1. The van der Waals surface area contributed by atoms with Crippen LogP contribution in [0.4, 0.5) is 33.3 Å². The number of anilines is 2. The van der Waals surface area contributed by atoms with E-state index in [-0.39, 0.29) is 11.6 Å². The van der Waals surface area contributed by atoms with Crippen molar-refractivity contribution in [1.82, 2.24) is 43.3 Å². The fourth-order valence-corrected chi connectivity index (χ4v) is 4.37. The molecular weight excluding hydrogens is 514 g/mol. The van der Waals surface area contributed by atoms with Crippen LogP contribution >= 0.6 is 23.1 Å². The van der Waals surface area contributed by atoms with Gasteiger partial charge in [-0.1, -0.05) is 0 Å². The lowest BCUT2D eigenvalue weighted by Crippen LogP contribution is -2.10. The van der Waals surface area contributed by atoms with E-state index in [2.05, 4.69) is 49.4 Å². The largest absolute Gasteiger partial charge is 0.382 e. The van der Waals surface area contributed by atoms with E-state index in [9.17, 15) is 0 Å². The fraction of sp³-hybridized carbons (Fsp3) is 0.250. The van der Waals surface area contributed by atoms with Crippen molar-refractivity contribution in [3.63, 3.8) is 0 Å². The van der Waals surface area contributed by atoms with Crippen molar-refractivity contribution in [2.24, 2.45) is 20.5 Å². The second-order valence-electron chi connectivity index (χ2n) is 7.97. The van der Waals surface area contributed by atoms with Gasteiger partial charge in [-0.3, -0.25) is 0 Å². The van der Waals surface area contributed by atoms with Crippen molar-refractivity contribution in [1.29, 1.82) is 0 Å². The van der Waals surface area contributed by atoms with Crippen molar-refractivity contribution in [3.8, 4) is 11.6 Å². The first-order valence-electron chi connectivity index (χ1n) is 10.8. The molecule has 0 atom stereocenters. The van der Waals surface area contributed by atoms with E-state index >= 15 is 0 Å². The first-order valence-corrected chi connectivity index (χ1v) is 12.4. The molecule has 5 heterocycles. The van der Waals surface area contributed by atoms with Gasteiger partial charge in [0.05, 0.1) is 11.4 Å². The molecule has 0 unspecified atom stereocenters. The van der Waals surface area contributed by atoms with Gasteiger partial charge in [-0.25, -0.2) is 15.0 Å². The molecule has 5 aromatic rings. The van der Waals surface area contributed by atoms with E-state index in [0.29, 0.717) is 56.3 Å². The molecule has 0 saturated heterocycles. The number of azo groups is 2. The molecule has 5 aromatic heterocycles. The molecule has 0 spiro atoms. The Morgan fingerprint density at radius 2 is 1.08 bits per heavy atom. The van der Waals surface area contributed by atoms with Crippen molar-refractivity contribution in [3.05, 3.63) is 40.7 Å². The predicted molar refractivity (Wildman–Crippen MR) is 139 cm³/mol. The van der Waals surface area contributed by atoms with E-state index in [0.717, 1.165) is 28.6 Å². The van der Waals surface area contributed by atoms with E-state index in [1.54, 1.807) is 27.7 Å². The minimum Gasteiger partial charge on any atom is -0.382 e. The molecule has 0 aliphatic heterocycles. The first kappa shape index (κ1) is 24.2. The van der Waals surface area contributed by atoms with Gasteiger partial charge in [0.2, 0.25) is 10.3 Å². The molecule has 15 nitrogen and oxygen atoms in total. The number of rotatable bonds is 6. The molecule has 5 rings (SSSR count). The molecule has 0 radical (unpaired) electrons. The smallest absolute Gasteiger partial charge is 0.249 e. The highest BCUT2D eigenvalue weighted by Gasteiger charge is 2.19. The van der Waals surface area contributed by atoms with Gasteiger partial charge in [0.15, 0.2) is 34.6 Å². The summed E-state index contributed by atoms with van der Waals surface area (Å²) in [6.07, 6.45) is 0. The molecule has 0 saturated carbocycles. The van der Waals surface area contributed by atoms with Crippen LogP contribution in [-0.4, -0.2) is 43.3 Å². The Balaban J connectivity index is 1.50. The Hall–Kier alpha value is -4.51. The summed E-state index contributed by atoms with van der Waals surface area (Å²) in [5.74, 6) is 2.73. The minimum absolute atomic E-state index is 0.276. The number of hydrogen-bond acceptors (Lipinski definition) is 15. The van der Waals surface area contributed by atoms with E-state index < -0.39 is 0 Å². The first-order chi connectivity index (χ1) is 17.7. The molecule has 0 aliphatic rings. The Kier molecular flexibility index (Phi) is 6.22. The number of pyridine rings is 1. The quantitative estimate of drug-likeness (QED) is 0.289. The van der Waals surface area contributed by atoms with Gasteiger partial charge in [0, 0.05) is 23.1 Å². The molecular formula is C20H21N15S2. The van der Waals surface area contributed by atoms with Gasteiger partial charge in [0.25, 0.3) is 0 Å². The summed E-state index contributed by atoms with van der Waals surface area (Å²) in [7, 11) is 0. The van der Waals surface area contributed by atoms with Gasteiger partial charge in [-0.15, -0.1) is 20.5 Å². The van der Waals surface area contributed by atoms with E-state index in [4.69, 9.17) is 16.5 Å². The summed E-state index contributed by atoms with van der Waals surface area (Å²) in [6, 6.07) is 3.68. The van der Waals surface area contributed by atoms with Crippen LogP contribution in [0.25, 0.3) is 11.6 Å². The van der Waals surface area contributed by atoms with Crippen molar-refractivity contribution >= 4 is 56.3 Å². The van der Waals surface area contributed by atoms with Crippen LogP contribution in [0.3, 0.4) is 0 Å². The van der Waals surface area contributed by atoms with Gasteiger partial charge in [-0.05, 0) is 52.3 Å². The number of nitrogen functional groups attached to an aromatic ring is 2. The van der Waals surface area contributed by atoms with Crippen LogP contribution in [0, 0.1) is 34.6 Å². The zero-order valence-corrected chi connectivity index (χ0v) is 22.1. The molecule has 0 fully saturated rings. The van der Waals surface area contributed by atoms with Crippen molar-refractivity contribution in [2.45, 2.75) is 34.6 Å². The zero-order chi connectivity index (χ0) is 26.3. The highest BCUT2D eigenvalue weighted by molar-refractivity contribution is 7.09. The van der Waals surface area contributed by atoms with Gasteiger partial charge < -0.3 is 11.5 Å². The Morgan fingerprint density at radius 3 is 1.46 bits per heavy atom. The Bertz CT molecular complexity index is 1550. The lowest BCUT2D eigenvalue weighted by atomic mass is 10.3. The lowest BCUT2D eigenvalue weighted by Gasteiger charge is -2.09. The number of aromatic nitrogens is 9. The third-order valence-corrected chi connectivity index (χ3v) is 6.39. The maximum atomic E-state index is 6.39. The number of hydrogen-bond donors (Lipinski definition) is 2. The lowest BCUT2D eigenvalue weighted by molar-refractivity contribution is 0.798. The van der Waals surface area contributed by atoms with Gasteiger partial charge >= 0.3 is 0 Å². The Labute approximate surface area is 218 Å². The third kappa shape index (κ3) is 4.81. The van der Waals surface area contributed by atoms with E-state index in [1.165, 1.54) is 9.36 Å². The number of nitrogens with two attached hydrogens (primary N) is 2. The zero-order valence-electron chi connectivity index (χ0n) is 20.4. The van der Waals surface area contributed by atoms with Crippen LogP contribution in [0.1, 0.15) is 28.6 Å². The van der Waals surface area contributed by atoms with Crippen LogP contribution in [0.15, 0.2) is 32.6 Å². The monoisotopic (exact) mass is 535 g/mol. The summed E-state index contributed by atoms with van der Waals surface area (Å²) in [5.41, 5.74) is 15.7. The van der Waals surface area contributed by atoms with E-state index in [1.807, 2.05) is 19.1 Å². The highest BCUT2D eigenvalue weighted by atomic mass is 32.1. The average molecular weight is 536 g/mol. The normalized spacial score (nSPS) is 11.9. The summed E-state index contributed by atoms with van der Waals surface area (Å²) in [5, 5.41) is 26.6. The van der Waals surface area contributed by atoms with Crippen LogP contribution in [-0.2, 0) is 0 Å². The SMILES string of the molecule is Cc1cc(-n2nc(C)c(N=Nc3nc(C)ns3)c2N)nc(-n2nc(C)c(N=Nc3nc(C)ns3)c2N)c1. The molecule has 0 aromatic carbocycles. The summed E-state index contributed by atoms with van der Waals surface area (Å²) >= 11 is 2.30. The molecule has 0 amide bonds. The molecule has 0 aliphatic carbocycles. The number of aryl methyl sites for hydroxylation is 5. The topological polar surface area (TPSA) is 202 Å². The van der Waals surface area contributed by atoms with Crippen LogP contribution < -0.4 is 11.5 Å². The molecule has 4 N–H and O–H groups in total. The number of nitrogens with zero attached hydrogens (tertiary/aromatic N) is 13. The second kappa shape index (κ2) is 9.51. The molecule has 0 bridgehead atoms. The Morgan fingerprint density at radius 1 is 0.649 bits per heavy atom. The van der Waals surface area contributed by atoms with Gasteiger partial charge in [0.1, 0.15) is 11.6 Å². The highest BCUT2D eigenvalue weighted by Crippen LogP contribution is 2.33. The van der Waals surface area contributed by atoms with Crippen LogP contribution in [0.2, 0.25) is 0 Å². The second-order valence-corrected chi connectivity index (χ2v) is 9.43. The average Bonchev–Trinajstić information content (AvgIpc) is 3.59. The van der Waals surface area contributed by atoms with Crippen molar-refractivity contribution in [2.75, 3.05) is 11.5 Å². The summed E-state index contributed by atoms with van der Waals surface area (Å²) in [6.45, 7) is 9.06. The molecule has 17 heteroatoms. The predicted octanol–water partition coefficient (Wildman–Crippen LogP) is 4.69. The minimum atomic E-state index is 0.276. The maximum Gasteiger partial charge on any atom is 0.249 e. The third-order valence-electron chi connectivity index (χ3n) is 5.01. The molecule has 37 heavy (non-hydrogen) atoms. The standard InChI is InChI=1S/C20H21N15S2/c1-8-6-13(34-17(21)15(9(2)30-34)26-28-19-23-11(4)32-36-19)25-14(7-8)35-18(22)16(10(3)31-35)27-29-20-24-12(5)33-37-20/h6-7H,21-22H2,1-5H3. The fourth-order valence-electron chi connectivity index (χ4n) is 3.36. The molecule has 188 valence electrons.